The van der Waals surface area contributed by atoms with Gasteiger partial charge in [-0.2, -0.15) is 0 Å². The second-order valence-electron chi connectivity index (χ2n) is 4.88. The van der Waals surface area contributed by atoms with Gasteiger partial charge in [-0.05, 0) is 30.7 Å². The fourth-order valence-electron chi connectivity index (χ4n) is 2.20. The number of pyridine rings is 1. The molecule has 2 rings (SSSR count). The van der Waals surface area contributed by atoms with Crippen molar-refractivity contribution < 1.29 is 9.84 Å². The van der Waals surface area contributed by atoms with Gasteiger partial charge in [0.25, 0.3) is 0 Å². The van der Waals surface area contributed by atoms with Crippen molar-refractivity contribution in [1.82, 2.24) is 15.2 Å². The highest BCUT2D eigenvalue weighted by Gasteiger charge is 2.14. The standard InChI is InChI=1S/C14H23N3O2/c18-14(12-17-7-9-19-10-8-17)11-16-6-3-13-1-4-15-5-2-13/h1-2,4-5,14,16,18H,3,6-12H2. The normalized spacial score (nSPS) is 18.4. The molecule has 2 N–H and O–H groups in total. The number of nitrogens with one attached hydrogen (secondary N) is 1. The van der Waals surface area contributed by atoms with Gasteiger partial charge in [0.05, 0.1) is 19.3 Å². The van der Waals surface area contributed by atoms with Crippen molar-refractivity contribution >= 4 is 0 Å². The Morgan fingerprint density at radius 3 is 2.79 bits per heavy atom. The van der Waals surface area contributed by atoms with Crippen LogP contribution < -0.4 is 5.32 Å². The zero-order valence-corrected chi connectivity index (χ0v) is 11.3. The van der Waals surface area contributed by atoms with Crippen molar-refractivity contribution in [3.05, 3.63) is 30.1 Å². The summed E-state index contributed by atoms with van der Waals surface area (Å²) in [5.74, 6) is 0. The van der Waals surface area contributed by atoms with Gasteiger partial charge >= 0.3 is 0 Å². The Labute approximate surface area is 114 Å². The lowest BCUT2D eigenvalue weighted by Crippen LogP contribution is -2.43. The average molecular weight is 265 g/mol. The van der Waals surface area contributed by atoms with E-state index in [0.717, 1.165) is 45.8 Å². The maximum Gasteiger partial charge on any atom is 0.0791 e. The van der Waals surface area contributed by atoms with Crippen molar-refractivity contribution in [3.8, 4) is 0 Å². The van der Waals surface area contributed by atoms with Crippen molar-refractivity contribution in [2.45, 2.75) is 12.5 Å². The first-order chi connectivity index (χ1) is 9.34. The van der Waals surface area contributed by atoms with Gasteiger partial charge in [0.2, 0.25) is 0 Å². The van der Waals surface area contributed by atoms with Gasteiger partial charge in [0.1, 0.15) is 0 Å². The SMILES string of the molecule is OC(CNCCc1ccncc1)CN1CCOCC1. The lowest BCUT2D eigenvalue weighted by Gasteiger charge is -2.28. The van der Waals surface area contributed by atoms with Gasteiger partial charge in [-0.3, -0.25) is 9.88 Å². The fourth-order valence-corrected chi connectivity index (χ4v) is 2.20. The largest absolute Gasteiger partial charge is 0.390 e. The highest BCUT2D eigenvalue weighted by atomic mass is 16.5. The van der Waals surface area contributed by atoms with E-state index in [0.29, 0.717) is 6.54 Å². The summed E-state index contributed by atoms with van der Waals surface area (Å²) in [5.41, 5.74) is 1.27. The molecule has 5 nitrogen and oxygen atoms in total. The summed E-state index contributed by atoms with van der Waals surface area (Å²) in [6, 6.07) is 4.04. The molecule has 0 bridgehead atoms. The number of aliphatic hydroxyl groups is 1. The van der Waals surface area contributed by atoms with Crippen LogP contribution in [0.25, 0.3) is 0 Å². The van der Waals surface area contributed by atoms with E-state index >= 15 is 0 Å². The molecule has 0 radical (unpaired) electrons. The van der Waals surface area contributed by atoms with Crippen LogP contribution in [-0.2, 0) is 11.2 Å². The van der Waals surface area contributed by atoms with Crippen molar-refractivity contribution in [3.63, 3.8) is 0 Å². The molecule has 19 heavy (non-hydrogen) atoms. The minimum absolute atomic E-state index is 0.310. The molecule has 1 aromatic heterocycles. The van der Waals surface area contributed by atoms with Crippen LogP contribution in [0.4, 0.5) is 0 Å². The molecule has 1 unspecified atom stereocenters. The molecule has 2 heterocycles. The highest BCUT2D eigenvalue weighted by Crippen LogP contribution is 1.99. The van der Waals surface area contributed by atoms with E-state index in [1.54, 1.807) is 0 Å². The summed E-state index contributed by atoms with van der Waals surface area (Å²) in [4.78, 5) is 6.24. The molecule has 1 aliphatic rings. The first-order valence-corrected chi connectivity index (χ1v) is 6.92. The monoisotopic (exact) mass is 265 g/mol. The predicted molar refractivity (Wildman–Crippen MR) is 74.1 cm³/mol. The van der Waals surface area contributed by atoms with Crippen LogP contribution in [0.15, 0.2) is 24.5 Å². The Morgan fingerprint density at radius 1 is 1.32 bits per heavy atom. The van der Waals surface area contributed by atoms with Crippen molar-refractivity contribution in [2.75, 3.05) is 45.9 Å². The molecule has 106 valence electrons. The van der Waals surface area contributed by atoms with Gasteiger partial charge in [-0.1, -0.05) is 0 Å². The lowest BCUT2D eigenvalue weighted by atomic mass is 10.2. The molecule has 1 saturated heterocycles. The minimum atomic E-state index is -0.310. The van der Waals surface area contributed by atoms with Gasteiger partial charge in [-0.15, -0.1) is 0 Å². The maximum atomic E-state index is 9.94. The molecular weight excluding hydrogens is 242 g/mol. The van der Waals surface area contributed by atoms with E-state index in [1.807, 2.05) is 24.5 Å². The zero-order valence-electron chi connectivity index (χ0n) is 11.3. The topological polar surface area (TPSA) is 57.6 Å². The fraction of sp³-hybridized carbons (Fsp3) is 0.643. The number of morpholine rings is 1. The quantitative estimate of drug-likeness (QED) is 0.675. The summed E-state index contributed by atoms with van der Waals surface area (Å²) in [6.45, 7) is 5.66. The Bertz CT molecular complexity index is 342. The number of aromatic nitrogens is 1. The van der Waals surface area contributed by atoms with Crippen molar-refractivity contribution in [2.24, 2.45) is 0 Å². The molecule has 1 aromatic rings. The van der Waals surface area contributed by atoms with E-state index in [4.69, 9.17) is 4.74 Å². The second-order valence-corrected chi connectivity index (χ2v) is 4.88. The molecule has 1 fully saturated rings. The van der Waals surface area contributed by atoms with Crippen molar-refractivity contribution in [1.29, 1.82) is 0 Å². The number of hydrogen-bond acceptors (Lipinski definition) is 5. The Hall–Kier alpha value is -1.01. The third-order valence-electron chi connectivity index (χ3n) is 3.29. The van der Waals surface area contributed by atoms with Gasteiger partial charge in [-0.25, -0.2) is 0 Å². The number of aliphatic hydroxyl groups excluding tert-OH is 1. The Morgan fingerprint density at radius 2 is 2.05 bits per heavy atom. The van der Waals surface area contributed by atoms with Crippen LogP contribution in [0.2, 0.25) is 0 Å². The third-order valence-corrected chi connectivity index (χ3v) is 3.29. The number of ether oxygens (including phenoxy) is 1. The van der Waals surface area contributed by atoms with Crippen LogP contribution in [0.5, 0.6) is 0 Å². The number of rotatable bonds is 7. The van der Waals surface area contributed by atoms with E-state index in [-0.39, 0.29) is 6.10 Å². The third kappa shape index (κ3) is 5.65. The summed E-state index contributed by atoms with van der Waals surface area (Å²) in [5, 5.41) is 13.2. The predicted octanol–water partition coefficient (Wildman–Crippen LogP) is -0.0932. The van der Waals surface area contributed by atoms with Crippen LogP contribution in [0.1, 0.15) is 5.56 Å². The van der Waals surface area contributed by atoms with Crippen LogP contribution in [-0.4, -0.2) is 67.0 Å². The van der Waals surface area contributed by atoms with Gasteiger partial charge in [0, 0.05) is 38.6 Å². The molecule has 0 spiro atoms. The van der Waals surface area contributed by atoms with Crippen LogP contribution in [0.3, 0.4) is 0 Å². The van der Waals surface area contributed by atoms with Gasteiger partial charge < -0.3 is 15.2 Å². The molecule has 0 amide bonds. The summed E-state index contributed by atoms with van der Waals surface area (Å²) in [6.07, 6.45) is 4.27. The lowest BCUT2D eigenvalue weighted by molar-refractivity contribution is 0.0150. The number of nitrogens with zero attached hydrogens (tertiary/aromatic N) is 2. The average Bonchev–Trinajstić information content (AvgIpc) is 2.46. The maximum absolute atomic E-state index is 9.94. The van der Waals surface area contributed by atoms with Crippen LogP contribution >= 0.6 is 0 Å². The molecule has 5 heteroatoms. The van der Waals surface area contributed by atoms with Crippen LogP contribution in [0, 0.1) is 0 Å². The zero-order chi connectivity index (χ0) is 13.3. The second kappa shape index (κ2) is 8.22. The molecule has 0 aliphatic carbocycles. The molecule has 0 saturated carbocycles. The highest BCUT2D eigenvalue weighted by molar-refractivity contribution is 5.09. The molecular formula is C14H23N3O2. The molecule has 0 aromatic carbocycles. The summed E-state index contributed by atoms with van der Waals surface area (Å²) in [7, 11) is 0. The molecule has 1 aliphatic heterocycles. The van der Waals surface area contributed by atoms with E-state index < -0.39 is 0 Å². The Kier molecular flexibility index (Phi) is 6.23. The molecule has 1 atom stereocenters. The van der Waals surface area contributed by atoms with Gasteiger partial charge in [0.15, 0.2) is 0 Å². The first kappa shape index (κ1) is 14.4. The summed E-state index contributed by atoms with van der Waals surface area (Å²) >= 11 is 0. The smallest absolute Gasteiger partial charge is 0.0791 e. The summed E-state index contributed by atoms with van der Waals surface area (Å²) < 4.78 is 5.28. The van der Waals surface area contributed by atoms with E-state index in [9.17, 15) is 5.11 Å². The first-order valence-electron chi connectivity index (χ1n) is 6.92. The minimum Gasteiger partial charge on any atom is -0.390 e. The van der Waals surface area contributed by atoms with E-state index in [1.165, 1.54) is 5.56 Å². The van der Waals surface area contributed by atoms with E-state index in [2.05, 4.69) is 15.2 Å². The number of β-amino-alcohol motifs (C(OH)–C–C–N with tert-alkyl or cyclic N) is 1. The Balaban J connectivity index is 1.55. The number of hydrogen-bond donors (Lipinski definition) is 2.